The van der Waals surface area contributed by atoms with Crippen molar-refractivity contribution in [3.05, 3.63) is 35.9 Å². The van der Waals surface area contributed by atoms with E-state index in [1.807, 2.05) is 37.3 Å². The monoisotopic (exact) mass is 332 g/mol. The Kier molecular flexibility index (Phi) is 5.41. The fourth-order valence-corrected chi connectivity index (χ4v) is 4.01. The molecule has 0 aliphatic heterocycles. The summed E-state index contributed by atoms with van der Waals surface area (Å²) < 4.78 is 5.80. The lowest BCUT2D eigenvalue weighted by atomic mass is 9.51. The highest BCUT2D eigenvalue weighted by Gasteiger charge is 2.59. The quantitative estimate of drug-likeness (QED) is 0.719. The second kappa shape index (κ2) is 7.53. The Balaban J connectivity index is 1.39. The molecule has 1 aromatic carbocycles. The van der Waals surface area contributed by atoms with Gasteiger partial charge in [-0.3, -0.25) is 0 Å². The number of urea groups is 1. The van der Waals surface area contributed by atoms with Crippen molar-refractivity contribution in [1.29, 1.82) is 0 Å². The summed E-state index contributed by atoms with van der Waals surface area (Å²) >= 11 is 0. The minimum atomic E-state index is -0.546. The van der Waals surface area contributed by atoms with Gasteiger partial charge in [0.05, 0.1) is 12.2 Å². The molecule has 1 spiro atoms. The van der Waals surface area contributed by atoms with E-state index in [0.29, 0.717) is 19.1 Å². The summed E-state index contributed by atoms with van der Waals surface area (Å²) in [5, 5.41) is 16.1. The number of hydrogen-bond acceptors (Lipinski definition) is 3. The molecule has 2 fully saturated rings. The summed E-state index contributed by atoms with van der Waals surface area (Å²) in [6.07, 6.45) is 4.71. The molecule has 3 unspecified atom stereocenters. The number of amides is 2. The van der Waals surface area contributed by atoms with Gasteiger partial charge in [-0.2, -0.15) is 0 Å². The first kappa shape index (κ1) is 17.2. The molecule has 2 aliphatic carbocycles. The topological polar surface area (TPSA) is 70.6 Å². The van der Waals surface area contributed by atoms with E-state index < -0.39 is 6.10 Å². The van der Waals surface area contributed by atoms with Crippen molar-refractivity contribution in [2.24, 2.45) is 5.41 Å². The third-order valence-electron chi connectivity index (χ3n) is 5.63. The van der Waals surface area contributed by atoms with Crippen LogP contribution in [0.25, 0.3) is 0 Å². The second-order valence-electron chi connectivity index (χ2n) is 6.93. The molecule has 3 atom stereocenters. The molecule has 132 valence electrons. The smallest absolute Gasteiger partial charge is 0.315 e. The fourth-order valence-electron chi connectivity index (χ4n) is 4.01. The number of carbonyl (C=O) groups is 1. The number of ether oxygens (including phenoxy) is 1. The van der Waals surface area contributed by atoms with Gasteiger partial charge in [0.2, 0.25) is 0 Å². The first-order valence-corrected chi connectivity index (χ1v) is 9.04. The molecule has 3 rings (SSSR count). The van der Waals surface area contributed by atoms with E-state index in [0.717, 1.165) is 31.4 Å². The van der Waals surface area contributed by atoms with Gasteiger partial charge < -0.3 is 20.5 Å². The molecule has 5 heteroatoms. The van der Waals surface area contributed by atoms with Crippen LogP contribution in [0.3, 0.4) is 0 Å². The van der Waals surface area contributed by atoms with Crippen LogP contribution in [0.1, 0.15) is 50.7 Å². The number of aliphatic hydroxyl groups excluding tert-OH is 1. The van der Waals surface area contributed by atoms with Gasteiger partial charge in [-0.25, -0.2) is 4.79 Å². The molecule has 2 amide bonds. The van der Waals surface area contributed by atoms with Gasteiger partial charge in [0.1, 0.15) is 0 Å². The van der Waals surface area contributed by atoms with Crippen LogP contribution in [0, 0.1) is 5.41 Å². The van der Waals surface area contributed by atoms with Crippen LogP contribution < -0.4 is 10.6 Å². The van der Waals surface area contributed by atoms with Crippen molar-refractivity contribution in [3.8, 4) is 0 Å². The summed E-state index contributed by atoms with van der Waals surface area (Å²) in [5.74, 6) is 0. The lowest BCUT2D eigenvalue weighted by molar-refractivity contribution is -0.169. The molecule has 1 aromatic rings. The normalized spacial score (nSPS) is 25.4. The first-order chi connectivity index (χ1) is 11.7. The molecule has 0 radical (unpaired) electrons. The van der Waals surface area contributed by atoms with E-state index in [1.54, 1.807) is 0 Å². The van der Waals surface area contributed by atoms with Gasteiger partial charge in [-0.05, 0) is 38.2 Å². The minimum Gasteiger partial charge on any atom is -0.388 e. The second-order valence-corrected chi connectivity index (χ2v) is 6.93. The molecule has 2 saturated carbocycles. The number of nitrogens with one attached hydrogen (secondary N) is 2. The molecule has 3 N–H and O–H groups in total. The average Bonchev–Trinajstić information content (AvgIpc) is 2.53. The van der Waals surface area contributed by atoms with Crippen LogP contribution in [0.2, 0.25) is 0 Å². The molecular weight excluding hydrogens is 304 g/mol. The van der Waals surface area contributed by atoms with Crippen molar-refractivity contribution in [1.82, 2.24) is 10.6 Å². The predicted molar refractivity (Wildman–Crippen MR) is 92.7 cm³/mol. The van der Waals surface area contributed by atoms with Gasteiger partial charge in [0, 0.05) is 24.6 Å². The molecule has 0 heterocycles. The Bertz CT molecular complexity index is 545. The maximum Gasteiger partial charge on any atom is 0.315 e. The van der Waals surface area contributed by atoms with Crippen LogP contribution in [0.4, 0.5) is 4.79 Å². The van der Waals surface area contributed by atoms with Gasteiger partial charge in [-0.15, -0.1) is 0 Å². The van der Waals surface area contributed by atoms with E-state index in [-0.39, 0.29) is 17.5 Å². The SMILES string of the molecule is CCOC1CC(NC(=O)NCCC(O)c2ccccc2)C12CCC2. The van der Waals surface area contributed by atoms with E-state index in [9.17, 15) is 9.90 Å². The van der Waals surface area contributed by atoms with Crippen LogP contribution in [0.15, 0.2) is 30.3 Å². The summed E-state index contributed by atoms with van der Waals surface area (Å²) in [4.78, 5) is 12.1. The van der Waals surface area contributed by atoms with Crippen LogP contribution >= 0.6 is 0 Å². The van der Waals surface area contributed by atoms with Crippen LogP contribution in [-0.4, -0.2) is 36.4 Å². The van der Waals surface area contributed by atoms with E-state index in [2.05, 4.69) is 10.6 Å². The maximum absolute atomic E-state index is 12.1. The van der Waals surface area contributed by atoms with Gasteiger partial charge in [0.25, 0.3) is 0 Å². The highest BCUT2D eigenvalue weighted by atomic mass is 16.5. The number of benzene rings is 1. The lowest BCUT2D eigenvalue weighted by Gasteiger charge is -2.60. The van der Waals surface area contributed by atoms with Gasteiger partial charge >= 0.3 is 6.03 Å². The molecular formula is C19H28N2O3. The first-order valence-electron chi connectivity index (χ1n) is 9.04. The van der Waals surface area contributed by atoms with Crippen molar-refractivity contribution in [2.75, 3.05) is 13.2 Å². The molecule has 0 bridgehead atoms. The Labute approximate surface area is 143 Å². The Morgan fingerprint density at radius 3 is 2.75 bits per heavy atom. The van der Waals surface area contributed by atoms with Crippen molar-refractivity contribution in [2.45, 2.75) is 57.3 Å². The Morgan fingerprint density at radius 2 is 2.12 bits per heavy atom. The Morgan fingerprint density at radius 1 is 1.38 bits per heavy atom. The maximum atomic E-state index is 12.1. The average molecular weight is 332 g/mol. The van der Waals surface area contributed by atoms with Crippen LogP contribution in [-0.2, 0) is 4.74 Å². The number of carbonyl (C=O) groups excluding carboxylic acids is 1. The zero-order valence-corrected chi connectivity index (χ0v) is 14.3. The zero-order valence-electron chi connectivity index (χ0n) is 14.3. The summed E-state index contributed by atoms with van der Waals surface area (Å²) in [7, 11) is 0. The van der Waals surface area contributed by atoms with Crippen LogP contribution in [0.5, 0.6) is 0 Å². The molecule has 0 aromatic heterocycles. The summed E-state index contributed by atoms with van der Waals surface area (Å²) in [6, 6.07) is 9.61. The molecule has 24 heavy (non-hydrogen) atoms. The minimum absolute atomic E-state index is 0.138. The lowest BCUT2D eigenvalue weighted by Crippen LogP contribution is -2.68. The zero-order chi connectivity index (χ0) is 17.0. The molecule has 2 aliphatic rings. The Hall–Kier alpha value is -1.59. The number of aliphatic hydroxyl groups is 1. The standard InChI is InChI=1S/C19H28N2O3/c1-2-24-17-13-16(19(17)10-6-11-19)21-18(23)20-12-9-15(22)14-7-4-3-5-8-14/h3-5,7-8,15-17,22H,2,6,9-13H2,1H3,(H2,20,21,23). The number of hydrogen-bond donors (Lipinski definition) is 3. The van der Waals surface area contributed by atoms with Crippen molar-refractivity contribution < 1.29 is 14.6 Å². The van der Waals surface area contributed by atoms with E-state index in [4.69, 9.17) is 4.74 Å². The third kappa shape index (κ3) is 3.42. The largest absolute Gasteiger partial charge is 0.388 e. The van der Waals surface area contributed by atoms with Gasteiger partial charge in [0.15, 0.2) is 0 Å². The van der Waals surface area contributed by atoms with E-state index in [1.165, 1.54) is 6.42 Å². The fraction of sp³-hybridized carbons (Fsp3) is 0.632. The summed E-state index contributed by atoms with van der Waals surface area (Å²) in [6.45, 7) is 3.22. The highest BCUT2D eigenvalue weighted by Crippen LogP contribution is 2.57. The number of rotatable bonds is 7. The third-order valence-corrected chi connectivity index (χ3v) is 5.63. The van der Waals surface area contributed by atoms with Crippen molar-refractivity contribution in [3.63, 3.8) is 0 Å². The van der Waals surface area contributed by atoms with E-state index >= 15 is 0 Å². The molecule has 5 nitrogen and oxygen atoms in total. The van der Waals surface area contributed by atoms with Gasteiger partial charge in [-0.1, -0.05) is 36.8 Å². The highest BCUT2D eigenvalue weighted by molar-refractivity contribution is 5.74. The van der Waals surface area contributed by atoms with Crippen molar-refractivity contribution >= 4 is 6.03 Å². The predicted octanol–water partition coefficient (Wildman–Crippen LogP) is 2.76. The molecule has 0 saturated heterocycles. The summed E-state index contributed by atoms with van der Waals surface area (Å²) in [5.41, 5.74) is 1.06.